The Kier molecular flexibility index (Phi) is 4.84. The first kappa shape index (κ1) is 15.8. The van der Waals surface area contributed by atoms with Gasteiger partial charge in [-0.25, -0.2) is 0 Å². The quantitative estimate of drug-likeness (QED) is 0.937. The minimum Gasteiger partial charge on any atom is -0.489 e. The normalized spacial score (nSPS) is 17.3. The summed E-state index contributed by atoms with van der Waals surface area (Å²) in [6.07, 6.45) is 0.860. The van der Waals surface area contributed by atoms with Crippen molar-refractivity contribution in [2.24, 2.45) is 5.73 Å². The molecule has 1 fully saturated rings. The fraction of sp³-hybridized carbons (Fsp3) is 0.278. The van der Waals surface area contributed by atoms with Gasteiger partial charge in [0.1, 0.15) is 12.4 Å². The van der Waals surface area contributed by atoms with Gasteiger partial charge in [-0.3, -0.25) is 4.79 Å². The van der Waals surface area contributed by atoms with Crippen LogP contribution in [0.3, 0.4) is 0 Å². The van der Waals surface area contributed by atoms with Crippen molar-refractivity contribution in [2.75, 3.05) is 13.1 Å². The Bertz CT molecular complexity index is 688. The number of benzene rings is 2. The summed E-state index contributed by atoms with van der Waals surface area (Å²) in [5, 5.41) is 0.699. The highest BCUT2D eigenvalue weighted by atomic mass is 35.5. The average Bonchev–Trinajstić information content (AvgIpc) is 3.00. The molecular formula is C18H19ClN2O2. The van der Waals surface area contributed by atoms with Gasteiger partial charge >= 0.3 is 0 Å². The number of ether oxygens (including phenoxy) is 1. The summed E-state index contributed by atoms with van der Waals surface area (Å²) in [4.78, 5) is 14.3. The fourth-order valence-electron chi connectivity index (χ4n) is 2.62. The minimum absolute atomic E-state index is 0.00916. The average molecular weight is 331 g/mol. The Labute approximate surface area is 140 Å². The van der Waals surface area contributed by atoms with E-state index in [1.807, 2.05) is 36.4 Å². The van der Waals surface area contributed by atoms with Crippen molar-refractivity contribution in [2.45, 2.75) is 19.1 Å². The largest absolute Gasteiger partial charge is 0.489 e. The predicted molar refractivity (Wildman–Crippen MR) is 90.7 cm³/mol. The van der Waals surface area contributed by atoms with Gasteiger partial charge in [0.2, 0.25) is 0 Å². The van der Waals surface area contributed by atoms with E-state index in [-0.39, 0.29) is 11.9 Å². The third kappa shape index (κ3) is 4.03. The van der Waals surface area contributed by atoms with Gasteiger partial charge in [0, 0.05) is 29.7 Å². The molecule has 0 unspecified atom stereocenters. The molecule has 0 saturated carbocycles. The highest BCUT2D eigenvalue weighted by Crippen LogP contribution is 2.19. The van der Waals surface area contributed by atoms with Crippen molar-refractivity contribution in [1.29, 1.82) is 0 Å². The van der Waals surface area contributed by atoms with Crippen LogP contribution in [0.25, 0.3) is 0 Å². The summed E-state index contributed by atoms with van der Waals surface area (Å²) >= 11 is 5.87. The standard InChI is InChI=1S/C18H19ClN2O2/c19-15-6-4-13(5-7-15)12-23-17-3-1-2-14(10-17)18(22)21-9-8-16(20)11-21/h1-7,10,16H,8-9,11-12,20H2/t16-/m1/s1. The Hall–Kier alpha value is -2.04. The summed E-state index contributed by atoms with van der Waals surface area (Å²) in [5.41, 5.74) is 7.52. The van der Waals surface area contributed by atoms with E-state index in [4.69, 9.17) is 22.1 Å². The maximum Gasteiger partial charge on any atom is 0.254 e. The number of carbonyl (C=O) groups excluding carboxylic acids is 1. The van der Waals surface area contributed by atoms with Gasteiger partial charge in [-0.15, -0.1) is 0 Å². The molecule has 1 amide bonds. The summed E-state index contributed by atoms with van der Waals surface area (Å²) in [5.74, 6) is 0.684. The van der Waals surface area contributed by atoms with E-state index < -0.39 is 0 Å². The summed E-state index contributed by atoms with van der Waals surface area (Å²) < 4.78 is 5.77. The number of hydrogen-bond acceptors (Lipinski definition) is 3. The number of rotatable bonds is 4. The van der Waals surface area contributed by atoms with Gasteiger partial charge in [0.25, 0.3) is 5.91 Å². The zero-order chi connectivity index (χ0) is 16.2. The summed E-state index contributed by atoms with van der Waals surface area (Å²) in [7, 11) is 0. The first-order chi connectivity index (χ1) is 11.1. The second-order valence-corrected chi connectivity index (χ2v) is 6.18. The van der Waals surface area contributed by atoms with Gasteiger partial charge < -0.3 is 15.4 Å². The first-order valence-corrected chi connectivity index (χ1v) is 8.02. The molecule has 0 radical (unpaired) electrons. The number of hydrogen-bond donors (Lipinski definition) is 1. The van der Waals surface area contributed by atoms with Gasteiger partial charge in [-0.2, -0.15) is 0 Å². The molecular weight excluding hydrogens is 312 g/mol. The van der Waals surface area contributed by atoms with E-state index in [9.17, 15) is 4.79 Å². The Morgan fingerprint density at radius 2 is 2.04 bits per heavy atom. The molecule has 1 heterocycles. The fourth-order valence-corrected chi connectivity index (χ4v) is 2.75. The molecule has 1 aliphatic rings. The molecule has 120 valence electrons. The van der Waals surface area contributed by atoms with Crippen LogP contribution in [0.5, 0.6) is 5.75 Å². The number of halogens is 1. The lowest BCUT2D eigenvalue weighted by Crippen LogP contribution is -2.31. The Balaban J connectivity index is 1.65. The summed E-state index contributed by atoms with van der Waals surface area (Å²) in [6.45, 7) is 1.77. The maximum atomic E-state index is 12.5. The zero-order valence-electron chi connectivity index (χ0n) is 12.7. The van der Waals surface area contributed by atoms with Crippen molar-refractivity contribution in [1.82, 2.24) is 4.90 Å². The van der Waals surface area contributed by atoms with E-state index >= 15 is 0 Å². The maximum absolute atomic E-state index is 12.5. The van der Waals surface area contributed by atoms with Crippen LogP contribution in [0, 0.1) is 0 Å². The van der Waals surface area contributed by atoms with E-state index in [1.54, 1.807) is 17.0 Å². The SMILES string of the molecule is N[C@@H]1CCN(C(=O)c2cccc(OCc3ccc(Cl)cc3)c2)C1. The molecule has 5 heteroatoms. The molecule has 3 rings (SSSR count). The van der Waals surface area contributed by atoms with Crippen LogP contribution in [0.15, 0.2) is 48.5 Å². The highest BCUT2D eigenvalue weighted by molar-refractivity contribution is 6.30. The molecule has 1 saturated heterocycles. The van der Waals surface area contributed by atoms with Crippen LogP contribution in [0.1, 0.15) is 22.3 Å². The monoisotopic (exact) mass is 330 g/mol. The van der Waals surface area contributed by atoms with Gasteiger partial charge in [0.15, 0.2) is 0 Å². The zero-order valence-corrected chi connectivity index (χ0v) is 13.5. The van der Waals surface area contributed by atoms with E-state index in [0.717, 1.165) is 18.5 Å². The smallest absolute Gasteiger partial charge is 0.254 e. The third-order valence-corrected chi connectivity index (χ3v) is 4.16. The van der Waals surface area contributed by atoms with E-state index in [2.05, 4.69) is 0 Å². The van der Waals surface area contributed by atoms with Crippen LogP contribution in [-0.2, 0) is 6.61 Å². The molecule has 2 N–H and O–H groups in total. The molecule has 0 aliphatic carbocycles. The van der Waals surface area contributed by atoms with Crippen molar-refractivity contribution >= 4 is 17.5 Å². The molecule has 2 aromatic carbocycles. The van der Waals surface area contributed by atoms with Crippen LogP contribution < -0.4 is 10.5 Å². The number of nitrogens with two attached hydrogens (primary N) is 1. The predicted octanol–water partition coefficient (Wildman–Crippen LogP) is 3.09. The van der Waals surface area contributed by atoms with Crippen molar-refractivity contribution in [3.05, 3.63) is 64.7 Å². The second kappa shape index (κ2) is 7.02. The topological polar surface area (TPSA) is 55.6 Å². The molecule has 0 aromatic heterocycles. The molecule has 0 spiro atoms. The number of likely N-dealkylation sites (tertiary alicyclic amines) is 1. The van der Waals surface area contributed by atoms with Crippen LogP contribution in [0.2, 0.25) is 5.02 Å². The van der Waals surface area contributed by atoms with Crippen LogP contribution in [-0.4, -0.2) is 29.9 Å². The number of carbonyl (C=O) groups is 1. The van der Waals surface area contributed by atoms with E-state index in [0.29, 0.717) is 29.5 Å². The second-order valence-electron chi connectivity index (χ2n) is 5.74. The van der Waals surface area contributed by atoms with E-state index in [1.165, 1.54) is 0 Å². The van der Waals surface area contributed by atoms with Gasteiger partial charge in [-0.05, 0) is 42.3 Å². The lowest BCUT2D eigenvalue weighted by Gasteiger charge is -2.16. The number of amides is 1. The molecule has 4 nitrogen and oxygen atoms in total. The van der Waals surface area contributed by atoms with Crippen molar-refractivity contribution < 1.29 is 9.53 Å². The highest BCUT2D eigenvalue weighted by Gasteiger charge is 2.24. The number of nitrogens with zero attached hydrogens (tertiary/aromatic N) is 1. The van der Waals surface area contributed by atoms with Crippen molar-refractivity contribution in [3.63, 3.8) is 0 Å². The molecule has 1 aliphatic heterocycles. The van der Waals surface area contributed by atoms with Crippen LogP contribution >= 0.6 is 11.6 Å². The molecule has 1 atom stereocenters. The third-order valence-electron chi connectivity index (χ3n) is 3.91. The first-order valence-electron chi connectivity index (χ1n) is 7.64. The summed E-state index contributed by atoms with van der Waals surface area (Å²) in [6, 6.07) is 14.9. The molecule has 0 bridgehead atoms. The van der Waals surface area contributed by atoms with Gasteiger partial charge in [0.05, 0.1) is 0 Å². The molecule has 23 heavy (non-hydrogen) atoms. The van der Waals surface area contributed by atoms with Crippen LogP contribution in [0.4, 0.5) is 0 Å². The molecule has 2 aromatic rings. The lowest BCUT2D eigenvalue weighted by atomic mass is 10.2. The minimum atomic E-state index is 0.00916. The lowest BCUT2D eigenvalue weighted by molar-refractivity contribution is 0.0790. The van der Waals surface area contributed by atoms with Gasteiger partial charge in [-0.1, -0.05) is 29.8 Å². The Morgan fingerprint density at radius 1 is 1.26 bits per heavy atom. The van der Waals surface area contributed by atoms with Crippen molar-refractivity contribution in [3.8, 4) is 5.75 Å². The Morgan fingerprint density at radius 3 is 2.74 bits per heavy atom.